The summed E-state index contributed by atoms with van der Waals surface area (Å²) >= 11 is 3.70. The van der Waals surface area contributed by atoms with E-state index in [0.717, 1.165) is 77.9 Å². The van der Waals surface area contributed by atoms with Crippen LogP contribution in [0.4, 0.5) is 0 Å². The fourth-order valence-corrected chi connectivity index (χ4v) is 22.0. The first-order chi connectivity index (χ1) is 74.9. The number of nitrogens with one attached hydrogen (secondary N) is 1. The van der Waals surface area contributed by atoms with Gasteiger partial charge in [-0.2, -0.15) is 0 Å². The molecule has 20 aromatic carbocycles. The van der Waals surface area contributed by atoms with Gasteiger partial charge in [-0.3, -0.25) is 4.98 Å². The van der Waals surface area contributed by atoms with E-state index in [9.17, 15) is 5.11 Å². The van der Waals surface area contributed by atoms with Crippen molar-refractivity contribution in [3.63, 3.8) is 0 Å². The largest absolute Gasteiger partial charge is 1.00 e. The second kappa shape index (κ2) is 43.3. The fraction of sp³-hybridized carbons (Fsp3) is 0.0515. The third-order valence-electron chi connectivity index (χ3n) is 26.4. The van der Waals surface area contributed by atoms with Crippen LogP contribution < -0.4 is 29.0 Å². The van der Waals surface area contributed by atoms with Gasteiger partial charge in [0.2, 0.25) is 5.52 Å². The normalized spacial score (nSPS) is 12.3. The predicted molar refractivity (Wildman–Crippen MR) is 613 cm³/mol. The molecule has 0 aliphatic rings. The third-order valence-corrected chi connectivity index (χ3v) is 28.9. The second-order valence-electron chi connectivity index (χ2n) is 37.1. The van der Waals surface area contributed by atoms with Crippen molar-refractivity contribution in [2.75, 3.05) is 0 Å². The SMILES string of the molecule is [2H]C([2H])([2H])c1cnc(-c2[c-]cc3ccc4ccccc4c3c2)cc1C([2H])([2H])[2H].[2H]C([2H])(c1ccc(-c2[c-]cccc2)nc1)C(C)(C)C.[Ir].[Li+].[O-]c1cccc2ccc[nH+]c12.c1ccc(-c2ccc(-c3cccc4c3sc3c(-c5cccc(-c6nc(-c7ccccc7)nc(-c7ccccc7)n6)c5)cccc34)cc2)cc1.c1ccc2cc(-c3c4ccccc4c(-c4ccc5ccccc5c4)c4cc(-c5nccc6c5sc5ccccc56)ccc34)ccc2c1. The van der Waals surface area contributed by atoms with Crippen molar-refractivity contribution < 1.29 is 60.0 Å². The molecular formula is C136H97IrLiN7OS2-. The Labute approximate surface area is 905 Å². The van der Waals surface area contributed by atoms with E-state index < -0.39 is 25.5 Å². The number of pyridine rings is 4. The number of rotatable bonds is 12. The van der Waals surface area contributed by atoms with Crippen molar-refractivity contribution in [2.45, 2.75) is 40.8 Å². The van der Waals surface area contributed by atoms with Crippen LogP contribution in [-0.4, -0.2) is 29.9 Å². The first-order valence-electron chi connectivity index (χ1n) is 52.6. The number of nitrogens with zero attached hydrogens (tertiary/aromatic N) is 6. The van der Waals surface area contributed by atoms with Gasteiger partial charge in [-0.05, 0) is 212 Å². The number of para-hydroxylation sites is 1. The Hall–Kier alpha value is -16.7. The van der Waals surface area contributed by atoms with Crippen LogP contribution in [-0.2, 0) is 26.5 Å². The van der Waals surface area contributed by atoms with Gasteiger partial charge in [0.15, 0.2) is 23.7 Å². The summed E-state index contributed by atoms with van der Waals surface area (Å²) in [7, 11) is 0. The van der Waals surface area contributed by atoms with Crippen LogP contribution in [0.5, 0.6) is 5.75 Å². The number of aryl methyl sites for hydroxylation is 2. The summed E-state index contributed by atoms with van der Waals surface area (Å²) in [6, 6.07) is 163. The van der Waals surface area contributed by atoms with E-state index in [1.807, 2.05) is 213 Å². The van der Waals surface area contributed by atoms with Crippen LogP contribution in [0.1, 0.15) is 48.4 Å². The molecule has 1 radical (unpaired) electrons. The maximum absolute atomic E-state index is 11.1. The first kappa shape index (κ1) is 87.9. The molecule has 27 rings (SSSR count). The van der Waals surface area contributed by atoms with E-state index in [4.69, 9.17) is 30.9 Å². The number of thiophene rings is 2. The standard InChI is InChI=1S/C45H29N3S.C45H27NS.C21H16N.C16H18N.C9H7NO.Ir.Li/c1-4-13-30(14-5-1)31-25-27-32(28-26-31)37-21-11-23-39-40-24-12-22-38(42(40)49-41(37)39)35-19-10-20-36(29-35)45-47-43(33-15-6-2-7-16-33)46-44(48-45)34-17-8-3-9-18-34;1-3-11-30-25-32(19-17-28(30)9-1)42-36-14-5-6-15-37(36)43(33-20-18-29-10-2-4-12-31(29)26-33)40-27-34(21-22-38(40)42)44-45-39(23-24-46-44)35-13-7-8-16-41(35)47-45;1-14-11-21(22-13-15(14)2)18-10-9-17-8-7-16-5-3-4-6-19(16)20(17)12-18;1-16(2,3)11-13-9-10-15(17-12-13)14-7-5-4-6-8-14;11-8-5-1-3-7-4-2-6-10-9(7)8;;/h1-29H;1-27H;3-9,11-13H,1-2H3;4-7,9-10,12H,11H2,1-3H3;1-6,11H;;/q;;2*-1;;;+1/i;;1D3,2D3;11D2;;;. The molecule has 7 aromatic heterocycles. The van der Waals surface area contributed by atoms with Crippen molar-refractivity contribution in [3.05, 3.63) is 509 Å². The van der Waals surface area contributed by atoms with Gasteiger partial charge >= 0.3 is 18.9 Å². The summed E-state index contributed by atoms with van der Waals surface area (Å²) in [6.45, 7) is 0.590. The summed E-state index contributed by atoms with van der Waals surface area (Å²) in [4.78, 5) is 31.4. The molecule has 0 aliphatic carbocycles. The average Bonchev–Trinajstić information content (AvgIpc) is 0.802. The molecule has 0 unspecified atom stereocenters. The van der Waals surface area contributed by atoms with Gasteiger partial charge in [0.05, 0.1) is 10.4 Å². The smallest absolute Gasteiger partial charge is 0.868 e. The van der Waals surface area contributed by atoms with Crippen molar-refractivity contribution in [2.24, 2.45) is 5.41 Å². The number of hydrogen-bond acceptors (Lipinski definition) is 9. The molecule has 7 heterocycles. The van der Waals surface area contributed by atoms with E-state index in [-0.39, 0.29) is 55.8 Å². The number of fused-ring (bicyclic) bond motifs is 14. The molecule has 27 aromatic rings. The Balaban J connectivity index is 0.000000121. The molecule has 0 atom stereocenters. The minimum Gasteiger partial charge on any atom is -0.868 e. The zero-order valence-electron chi connectivity index (χ0n) is 89.4. The van der Waals surface area contributed by atoms with Crippen molar-refractivity contribution in [1.82, 2.24) is 29.9 Å². The summed E-state index contributed by atoms with van der Waals surface area (Å²) in [6.07, 6.45) is 5.08. The molecule has 1 N–H and O–H groups in total. The quantitative estimate of drug-likeness (QED) is 0.0518. The van der Waals surface area contributed by atoms with E-state index >= 15 is 0 Å². The average molecular weight is 2120 g/mol. The Morgan fingerprint density at radius 3 is 1.47 bits per heavy atom. The molecule has 0 fully saturated rings. The monoisotopic (exact) mass is 2120 g/mol. The van der Waals surface area contributed by atoms with Crippen molar-refractivity contribution >= 4 is 139 Å². The summed E-state index contributed by atoms with van der Waals surface area (Å²) in [5.41, 5.74) is 20.4. The molecule has 705 valence electrons. The van der Waals surface area contributed by atoms with Gasteiger partial charge in [0, 0.05) is 119 Å². The number of aromatic amines is 1. The molecule has 0 saturated heterocycles. The third kappa shape index (κ3) is 20.5. The van der Waals surface area contributed by atoms with E-state index in [1.54, 1.807) is 24.5 Å². The van der Waals surface area contributed by atoms with E-state index in [2.05, 4.69) is 300 Å². The Bertz CT molecular complexity index is 9880. The van der Waals surface area contributed by atoms with Gasteiger partial charge in [-0.15, -0.1) is 82.3 Å². The Morgan fingerprint density at radius 1 is 0.324 bits per heavy atom. The molecule has 0 saturated carbocycles. The molecular weight excluding hydrogens is 2010 g/mol. The Kier molecular flexibility index (Phi) is 25.7. The second-order valence-corrected chi connectivity index (χ2v) is 39.1. The minimum absolute atomic E-state index is 0. The maximum atomic E-state index is 11.1. The van der Waals surface area contributed by atoms with Crippen LogP contribution in [0.2, 0.25) is 0 Å². The van der Waals surface area contributed by atoms with Crippen molar-refractivity contribution in [1.29, 1.82) is 0 Å². The summed E-state index contributed by atoms with van der Waals surface area (Å²) < 4.78 is 67.5. The molecule has 0 aliphatic heterocycles. The molecule has 0 amide bonds. The van der Waals surface area contributed by atoms with E-state index in [1.165, 1.54) is 140 Å². The van der Waals surface area contributed by atoms with Gasteiger partial charge in [-0.1, -0.05) is 401 Å². The molecule has 148 heavy (non-hydrogen) atoms. The molecule has 0 bridgehead atoms. The zero-order valence-corrected chi connectivity index (χ0v) is 85.4. The van der Waals surface area contributed by atoms with Crippen molar-refractivity contribution in [3.8, 4) is 129 Å². The number of H-pyrrole nitrogens is 1. The van der Waals surface area contributed by atoms with Crippen LogP contribution in [0, 0.1) is 31.3 Å². The first-order valence-corrected chi connectivity index (χ1v) is 50.2. The number of benzene rings is 20. The number of hydrogen-bond donors (Lipinski definition) is 0. The van der Waals surface area contributed by atoms with Crippen LogP contribution in [0.25, 0.3) is 239 Å². The molecule has 0 spiro atoms. The van der Waals surface area contributed by atoms with Crippen LogP contribution in [0.3, 0.4) is 0 Å². The summed E-state index contributed by atoms with van der Waals surface area (Å²) in [5, 5.41) is 31.4. The zero-order chi connectivity index (χ0) is 105. The molecule has 12 heteroatoms. The van der Waals surface area contributed by atoms with E-state index in [0.29, 0.717) is 39.8 Å². The number of aromatic nitrogens is 7. The maximum Gasteiger partial charge on any atom is 1.00 e. The van der Waals surface area contributed by atoms with Gasteiger partial charge in [0.1, 0.15) is 0 Å². The van der Waals surface area contributed by atoms with Crippen LogP contribution >= 0.6 is 22.7 Å². The minimum atomic E-state index is -2.55. The topological polar surface area (TPSA) is 115 Å². The van der Waals surface area contributed by atoms with Gasteiger partial charge in [-0.25, -0.2) is 19.9 Å². The fourth-order valence-electron chi connectivity index (χ4n) is 19.4. The predicted octanol–water partition coefficient (Wildman–Crippen LogP) is 32.6. The summed E-state index contributed by atoms with van der Waals surface area (Å²) in [5.74, 6) is 2.01. The van der Waals surface area contributed by atoms with Gasteiger partial charge < -0.3 is 15.1 Å². The van der Waals surface area contributed by atoms with Crippen LogP contribution in [0.15, 0.2) is 480 Å². The Morgan fingerprint density at radius 2 is 0.824 bits per heavy atom. The van der Waals surface area contributed by atoms with Gasteiger partial charge in [0.25, 0.3) is 0 Å². The molecule has 8 nitrogen and oxygen atoms in total.